The van der Waals surface area contributed by atoms with E-state index < -0.39 is 0 Å². The summed E-state index contributed by atoms with van der Waals surface area (Å²) in [5, 5.41) is 9.03. The first-order valence-corrected chi connectivity index (χ1v) is 5.12. The van der Waals surface area contributed by atoms with Gasteiger partial charge in [-0.1, -0.05) is 0 Å². The van der Waals surface area contributed by atoms with Crippen LogP contribution in [0.5, 0.6) is 0 Å². The third kappa shape index (κ3) is 2.40. The van der Waals surface area contributed by atoms with Crippen LogP contribution in [0.3, 0.4) is 0 Å². The zero-order valence-electron chi connectivity index (χ0n) is 8.60. The van der Waals surface area contributed by atoms with Crippen molar-refractivity contribution in [3.05, 3.63) is 24.3 Å². The topological polar surface area (TPSA) is 58.7 Å². The fraction of sp³-hybridized carbons (Fsp3) is 0.455. The summed E-state index contributed by atoms with van der Waals surface area (Å²) in [6, 6.07) is 7.77. The van der Waals surface area contributed by atoms with Crippen LogP contribution in [0.2, 0.25) is 0 Å². The van der Waals surface area contributed by atoms with Gasteiger partial charge in [0.25, 0.3) is 0 Å². The first-order chi connectivity index (χ1) is 7.29. The summed E-state index contributed by atoms with van der Waals surface area (Å²) in [6.07, 6.45) is -0.0729. The van der Waals surface area contributed by atoms with Crippen LogP contribution in [0, 0.1) is 0 Å². The number of nitrogens with zero attached hydrogens (tertiary/aromatic N) is 1. The molecule has 1 heterocycles. The van der Waals surface area contributed by atoms with E-state index in [4.69, 9.17) is 15.6 Å². The maximum absolute atomic E-state index is 9.03. The van der Waals surface area contributed by atoms with Crippen LogP contribution in [0.1, 0.15) is 0 Å². The highest BCUT2D eigenvalue weighted by molar-refractivity contribution is 5.53. The van der Waals surface area contributed by atoms with Crippen molar-refractivity contribution >= 4 is 11.4 Å². The minimum Gasteiger partial charge on any atom is -0.399 e. The molecule has 1 aliphatic rings. The second-order valence-corrected chi connectivity index (χ2v) is 3.71. The van der Waals surface area contributed by atoms with Crippen LogP contribution in [0.15, 0.2) is 24.3 Å². The van der Waals surface area contributed by atoms with Crippen molar-refractivity contribution < 1.29 is 9.84 Å². The Kier molecular flexibility index (Phi) is 3.08. The number of benzene rings is 1. The summed E-state index contributed by atoms with van der Waals surface area (Å²) < 4.78 is 5.39. The number of anilines is 2. The summed E-state index contributed by atoms with van der Waals surface area (Å²) in [5.74, 6) is 0. The number of aliphatic hydroxyl groups is 1. The predicted octanol–water partition coefficient (Wildman–Crippen LogP) is 0.466. The molecular weight excluding hydrogens is 192 g/mol. The summed E-state index contributed by atoms with van der Waals surface area (Å²) in [5.41, 5.74) is 7.53. The Morgan fingerprint density at radius 3 is 2.80 bits per heavy atom. The Labute approximate surface area is 89.3 Å². The molecule has 2 rings (SSSR count). The van der Waals surface area contributed by atoms with Crippen LogP contribution < -0.4 is 10.6 Å². The smallest absolute Gasteiger partial charge is 0.0980 e. The molecular formula is C11H16N2O2. The predicted molar refractivity (Wildman–Crippen MR) is 59.9 cm³/mol. The molecule has 0 radical (unpaired) electrons. The lowest BCUT2D eigenvalue weighted by Gasteiger charge is -2.33. The largest absolute Gasteiger partial charge is 0.399 e. The van der Waals surface area contributed by atoms with E-state index in [-0.39, 0.29) is 12.7 Å². The third-order valence-corrected chi connectivity index (χ3v) is 2.60. The molecule has 4 heteroatoms. The van der Waals surface area contributed by atoms with Gasteiger partial charge < -0.3 is 20.5 Å². The molecule has 0 aliphatic carbocycles. The van der Waals surface area contributed by atoms with Crippen molar-refractivity contribution in [3.8, 4) is 0 Å². The summed E-state index contributed by atoms with van der Waals surface area (Å²) in [7, 11) is 0. The van der Waals surface area contributed by atoms with Crippen molar-refractivity contribution in [2.45, 2.75) is 6.10 Å². The number of nitrogens with two attached hydrogens (primary N) is 1. The molecule has 0 bridgehead atoms. The van der Waals surface area contributed by atoms with Crippen molar-refractivity contribution in [2.24, 2.45) is 0 Å². The van der Waals surface area contributed by atoms with Gasteiger partial charge >= 0.3 is 0 Å². The molecule has 1 fully saturated rings. The molecule has 1 aromatic rings. The first kappa shape index (κ1) is 10.3. The molecule has 1 atom stereocenters. The molecule has 82 valence electrons. The van der Waals surface area contributed by atoms with Gasteiger partial charge in [-0.15, -0.1) is 0 Å². The van der Waals surface area contributed by atoms with E-state index in [0.717, 1.165) is 24.5 Å². The molecule has 1 aliphatic heterocycles. The molecule has 0 saturated carbocycles. The van der Waals surface area contributed by atoms with Crippen LogP contribution in [-0.2, 0) is 4.74 Å². The Bertz CT molecular complexity index is 313. The maximum atomic E-state index is 9.03. The molecule has 4 nitrogen and oxygen atoms in total. The lowest BCUT2D eigenvalue weighted by Crippen LogP contribution is -2.44. The molecule has 1 saturated heterocycles. The highest BCUT2D eigenvalue weighted by Gasteiger charge is 2.19. The van der Waals surface area contributed by atoms with Crippen molar-refractivity contribution in [2.75, 3.05) is 36.9 Å². The molecule has 0 amide bonds. The first-order valence-electron chi connectivity index (χ1n) is 5.12. The number of morpholine rings is 1. The number of hydrogen-bond acceptors (Lipinski definition) is 4. The molecule has 0 spiro atoms. The van der Waals surface area contributed by atoms with E-state index in [2.05, 4.69) is 4.90 Å². The normalized spacial score (nSPS) is 21.7. The van der Waals surface area contributed by atoms with E-state index in [0.29, 0.717) is 6.61 Å². The number of rotatable bonds is 2. The lowest BCUT2D eigenvalue weighted by molar-refractivity contribution is 0.00357. The minimum absolute atomic E-state index is 0.0729. The van der Waals surface area contributed by atoms with Crippen LogP contribution >= 0.6 is 0 Å². The average Bonchev–Trinajstić information content (AvgIpc) is 2.30. The number of ether oxygens (including phenoxy) is 1. The van der Waals surface area contributed by atoms with E-state index in [1.165, 1.54) is 0 Å². The van der Waals surface area contributed by atoms with E-state index in [1.807, 2.05) is 24.3 Å². The summed E-state index contributed by atoms with van der Waals surface area (Å²) in [6.45, 7) is 2.34. The monoisotopic (exact) mass is 208 g/mol. The Balaban J connectivity index is 2.06. The average molecular weight is 208 g/mol. The molecule has 1 aromatic carbocycles. The van der Waals surface area contributed by atoms with Crippen molar-refractivity contribution in [1.29, 1.82) is 0 Å². The van der Waals surface area contributed by atoms with Gasteiger partial charge in [0.15, 0.2) is 0 Å². The Morgan fingerprint density at radius 1 is 1.40 bits per heavy atom. The standard InChI is InChI=1S/C11H16N2O2/c12-9-1-3-10(4-2-9)13-5-6-15-11(7-13)8-14/h1-4,11,14H,5-8,12H2/t11-/m0/s1. The van der Waals surface area contributed by atoms with Gasteiger partial charge in [-0.05, 0) is 24.3 Å². The minimum atomic E-state index is -0.0729. The van der Waals surface area contributed by atoms with Crippen LogP contribution in [0.25, 0.3) is 0 Å². The lowest BCUT2D eigenvalue weighted by atomic mass is 10.2. The molecule has 0 unspecified atom stereocenters. The zero-order valence-corrected chi connectivity index (χ0v) is 8.60. The zero-order chi connectivity index (χ0) is 10.7. The van der Waals surface area contributed by atoms with Gasteiger partial charge in [-0.2, -0.15) is 0 Å². The molecule has 3 N–H and O–H groups in total. The fourth-order valence-electron chi connectivity index (χ4n) is 1.75. The Hall–Kier alpha value is -1.26. The SMILES string of the molecule is Nc1ccc(N2CCO[C@H](CO)C2)cc1. The second-order valence-electron chi connectivity index (χ2n) is 3.71. The highest BCUT2D eigenvalue weighted by Crippen LogP contribution is 2.18. The van der Waals surface area contributed by atoms with Gasteiger partial charge in [-0.25, -0.2) is 0 Å². The van der Waals surface area contributed by atoms with E-state index in [9.17, 15) is 0 Å². The van der Waals surface area contributed by atoms with Crippen LogP contribution in [0.4, 0.5) is 11.4 Å². The molecule has 15 heavy (non-hydrogen) atoms. The summed E-state index contributed by atoms with van der Waals surface area (Å²) in [4.78, 5) is 2.20. The van der Waals surface area contributed by atoms with Crippen molar-refractivity contribution in [3.63, 3.8) is 0 Å². The highest BCUT2D eigenvalue weighted by atomic mass is 16.5. The Morgan fingerprint density at radius 2 is 2.13 bits per heavy atom. The van der Waals surface area contributed by atoms with Gasteiger partial charge in [-0.3, -0.25) is 0 Å². The summed E-state index contributed by atoms with van der Waals surface area (Å²) >= 11 is 0. The number of aliphatic hydroxyl groups excluding tert-OH is 1. The van der Waals surface area contributed by atoms with Gasteiger partial charge in [0.1, 0.15) is 0 Å². The quantitative estimate of drug-likeness (QED) is 0.693. The van der Waals surface area contributed by atoms with Gasteiger partial charge in [0.2, 0.25) is 0 Å². The maximum Gasteiger partial charge on any atom is 0.0980 e. The van der Waals surface area contributed by atoms with E-state index >= 15 is 0 Å². The number of nitrogen functional groups attached to an aromatic ring is 1. The third-order valence-electron chi connectivity index (χ3n) is 2.60. The second kappa shape index (κ2) is 4.51. The molecule has 0 aromatic heterocycles. The van der Waals surface area contributed by atoms with Crippen molar-refractivity contribution in [1.82, 2.24) is 0 Å². The van der Waals surface area contributed by atoms with E-state index in [1.54, 1.807) is 0 Å². The number of hydrogen-bond donors (Lipinski definition) is 2. The van der Waals surface area contributed by atoms with Gasteiger partial charge in [0, 0.05) is 24.5 Å². The fourth-order valence-corrected chi connectivity index (χ4v) is 1.75. The van der Waals surface area contributed by atoms with Crippen LogP contribution in [-0.4, -0.2) is 37.5 Å². The van der Waals surface area contributed by atoms with Gasteiger partial charge in [0.05, 0.1) is 19.3 Å².